The molecule has 2 unspecified atom stereocenters. The van der Waals surface area contributed by atoms with Gasteiger partial charge in [-0.15, -0.1) is 0 Å². The van der Waals surface area contributed by atoms with Gasteiger partial charge in [-0.05, 0) is 68.9 Å². The van der Waals surface area contributed by atoms with Crippen LogP contribution in [-0.4, -0.2) is 42.0 Å². The number of amides is 2. The quantitative estimate of drug-likeness (QED) is 0.433. The Hall–Kier alpha value is -3.87. The molecule has 2 N–H and O–H groups in total. The lowest BCUT2D eigenvalue weighted by molar-refractivity contribution is 0.0921. The molecule has 2 amide bonds. The molecule has 2 fully saturated rings. The molecule has 3 aromatic rings. The molecule has 7 heteroatoms. The molecule has 198 valence electrons. The lowest BCUT2D eigenvalue weighted by atomic mass is 9.96. The molecule has 3 atom stereocenters. The van der Waals surface area contributed by atoms with E-state index in [9.17, 15) is 9.59 Å². The van der Waals surface area contributed by atoms with E-state index in [1.807, 2.05) is 67.6 Å². The number of nitrogens with one attached hydrogen (secondary N) is 2. The Kier molecular flexibility index (Phi) is 7.63. The third kappa shape index (κ3) is 5.23. The number of rotatable bonds is 8. The van der Waals surface area contributed by atoms with Crippen molar-refractivity contribution in [3.8, 4) is 5.75 Å². The second-order valence-electron chi connectivity index (χ2n) is 10.3. The number of hydrogen-bond acceptors (Lipinski definition) is 5. The van der Waals surface area contributed by atoms with Crippen molar-refractivity contribution >= 4 is 17.6 Å². The minimum absolute atomic E-state index is 0.0331. The van der Waals surface area contributed by atoms with Crippen molar-refractivity contribution < 1.29 is 14.3 Å². The Morgan fingerprint density at radius 2 is 1.74 bits per heavy atom. The smallest absolute Gasteiger partial charge is 0.253 e. The van der Waals surface area contributed by atoms with Gasteiger partial charge in [0, 0.05) is 35.4 Å². The summed E-state index contributed by atoms with van der Waals surface area (Å²) in [5, 5.41) is 6.40. The second-order valence-corrected chi connectivity index (χ2v) is 10.3. The van der Waals surface area contributed by atoms with Crippen molar-refractivity contribution in [2.75, 3.05) is 12.0 Å². The number of piperidine rings is 1. The van der Waals surface area contributed by atoms with Crippen molar-refractivity contribution in [1.29, 1.82) is 0 Å². The number of benzene rings is 2. The summed E-state index contributed by atoms with van der Waals surface area (Å²) in [6.45, 7) is 3.98. The number of pyridine rings is 1. The van der Waals surface area contributed by atoms with Crippen molar-refractivity contribution in [2.24, 2.45) is 0 Å². The van der Waals surface area contributed by atoms with Gasteiger partial charge in [-0.1, -0.05) is 43.3 Å². The van der Waals surface area contributed by atoms with Crippen LogP contribution in [0.25, 0.3) is 0 Å². The molecule has 0 spiro atoms. The molecule has 2 aromatic carbocycles. The third-order valence-electron chi connectivity index (χ3n) is 8.01. The lowest BCUT2D eigenvalue weighted by Crippen LogP contribution is -2.50. The Balaban J connectivity index is 1.22. The first-order chi connectivity index (χ1) is 18.5. The van der Waals surface area contributed by atoms with E-state index in [2.05, 4.69) is 22.5 Å². The number of nitrogens with zero attached hydrogens (tertiary/aromatic N) is 2. The summed E-state index contributed by atoms with van der Waals surface area (Å²) in [6.07, 6.45) is 6.41. The van der Waals surface area contributed by atoms with Gasteiger partial charge in [0.05, 0.1) is 18.7 Å². The van der Waals surface area contributed by atoms with Gasteiger partial charge in [0.25, 0.3) is 11.8 Å². The molecule has 1 aromatic heterocycles. The third-order valence-corrected chi connectivity index (χ3v) is 8.01. The van der Waals surface area contributed by atoms with Gasteiger partial charge < -0.3 is 20.3 Å². The molecule has 0 saturated carbocycles. The Bertz CT molecular complexity index is 1260. The maximum absolute atomic E-state index is 13.0. The van der Waals surface area contributed by atoms with Crippen LogP contribution in [0.3, 0.4) is 0 Å². The summed E-state index contributed by atoms with van der Waals surface area (Å²) in [4.78, 5) is 33.1. The maximum Gasteiger partial charge on any atom is 0.253 e. The number of anilines is 1. The molecule has 0 radical (unpaired) electrons. The molecule has 3 heterocycles. The Morgan fingerprint density at radius 1 is 1.00 bits per heavy atom. The molecule has 2 saturated heterocycles. The van der Waals surface area contributed by atoms with E-state index in [1.54, 1.807) is 13.3 Å². The largest absolute Gasteiger partial charge is 0.496 e. The van der Waals surface area contributed by atoms with Gasteiger partial charge in [0.2, 0.25) is 0 Å². The molecule has 38 heavy (non-hydrogen) atoms. The van der Waals surface area contributed by atoms with Gasteiger partial charge in [0.1, 0.15) is 11.6 Å². The van der Waals surface area contributed by atoms with Gasteiger partial charge >= 0.3 is 0 Å². The normalized spacial score (nSPS) is 21.0. The summed E-state index contributed by atoms with van der Waals surface area (Å²) in [6, 6.07) is 20.2. The van der Waals surface area contributed by atoms with Gasteiger partial charge in [-0.2, -0.15) is 0 Å². The van der Waals surface area contributed by atoms with Crippen LogP contribution in [-0.2, 0) is 0 Å². The van der Waals surface area contributed by atoms with Crippen LogP contribution < -0.4 is 20.3 Å². The standard InChI is InChI=1S/C31H36N4O3/c1-4-27(21-9-6-5-7-10-21)34-30(36)22-13-16-29(32-19-22)35-24-14-15-25(35)18-23(17-24)33-31(37)26-11-8-12-28(38-3)20(26)2/h5-13,16,19,23-25,27H,4,14-15,17-18H2,1-3H3,(H,33,37)(H,34,36)/t23?,24?,25?,27-/m0/s1. The van der Waals surface area contributed by atoms with E-state index < -0.39 is 0 Å². The van der Waals surface area contributed by atoms with E-state index in [-0.39, 0.29) is 23.9 Å². The summed E-state index contributed by atoms with van der Waals surface area (Å²) < 4.78 is 5.38. The molecule has 0 aliphatic carbocycles. The van der Waals surface area contributed by atoms with Crippen molar-refractivity contribution in [1.82, 2.24) is 15.6 Å². The number of carbonyl (C=O) groups excluding carboxylic acids is 2. The zero-order valence-corrected chi connectivity index (χ0v) is 22.3. The Morgan fingerprint density at radius 3 is 2.37 bits per heavy atom. The number of ether oxygens (including phenoxy) is 1. The van der Waals surface area contributed by atoms with Crippen LogP contribution >= 0.6 is 0 Å². The van der Waals surface area contributed by atoms with Crippen LogP contribution in [0.15, 0.2) is 66.9 Å². The zero-order chi connectivity index (χ0) is 26.6. The van der Waals surface area contributed by atoms with E-state index in [0.29, 0.717) is 23.2 Å². The van der Waals surface area contributed by atoms with Gasteiger partial charge in [-0.25, -0.2) is 4.98 Å². The molecule has 7 nitrogen and oxygen atoms in total. The van der Waals surface area contributed by atoms with E-state index >= 15 is 0 Å². The predicted octanol–water partition coefficient (Wildman–Crippen LogP) is 5.21. The molecule has 2 bridgehead atoms. The summed E-state index contributed by atoms with van der Waals surface area (Å²) in [5.74, 6) is 1.46. The first-order valence-electron chi connectivity index (χ1n) is 13.5. The highest BCUT2D eigenvalue weighted by molar-refractivity contribution is 5.96. The number of carbonyl (C=O) groups is 2. The fraction of sp³-hybridized carbons (Fsp3) is 0.387. The van der Waals surface area contributed by atoms with Crippen molar-refractivity contribution in [2.45, 2.75) is 70.1 Å². The fourth-order valence-electron chi connectivity index (χ4n) is 6.03. The Labute approximate surface area is 224 Å². The summed E-state index contributed by atoms with van der Waals surface area (Å²) >= 11 is 0. The maximum atomic E-state index is 13.0. The SMILES string of the molecule is CC[C@H](NC(=O)c1ccc(N2C3CCC2CC(NC(=O)c2cccc(OC)c2C)C3)nc1)c1ccccc1. The number of methoxy groups -OCH3 is 1. The highest BCUT2D eigenvalue weighted by Crippen LogP contribution is 2.38. The fourth-order valence-corrected chi connectivity index (χ4v) is 6.03. The van der Waals surface area contributed by atoms with Crippen molar-refractivity contribution in [3.05, 3.63) is 89.1 Å². The van der Waals surface area contributed by atoms with Gasteiger partial charge in [-0.3, -0.25) is 9.59 Å². The van der Waals surface area contributed by atoms with Crippen LogP contribution in [0.1, 0.15) is 76.9 Å². The first kappa shape index (κ1) is 25.8. The lowest BCUT2D eigenvalue weighted by Gasteiger charge is -2.40. The van der Waals surface area contributed by atoms with E-state index in [4.69, 9.17) is 9.72 Å². The second kappa shape index (κ2) is 11.3. The van der Waals surface area contributed by atoms with Crippen LogP contribution in [0.4, 0.5) is 5.82 Å². The summed E-state index contributed by atoms with van der Waals surface area (Å²) in [5.41, 5.74) is 3.18. The monoisotopic (exact) mass is 512 g/mol. The van der Waals surface area contributed by atoms with Crippen LogP contribution in [0.5, 0.6) is 5.75 Å². The van der Waals surface area contributed by atoms with E-state index in [1.165, 1.54) is 0 Å². The summed E-state index contributed by atoms with van der Waals surface area (Å²) in [7, 11) is 1.62. The van der Waals surface area contributed by atoms with Crippen molar-refractivity contribution in [3.63, 3.8) is 0 Å². The minimum atomic E-state index is -0.114. The molecule has 2 aliphatic heterocycles. The minimum Gasteiger partial charge on any atom is -0.496 e. The average Bonchev–Trinajstić information content (AvgIpc) is 3.22. The van der Waals surface area contributed by atoms with Gasteiger partial charge in [0.15, 0.2) is 0 Å². The highest BCUT2D eigenvalue weighted by atomic mass is 16.5. The zero-order valence-electron chi connectivity index (χ0n) is 22.3. The topological polar surface area (TPSA) is 83.6 Å². The van der Waals surface area contributed by atoms with Crippen LogP contribution in [0, 0.1) is 6.92 Å². The highest BCUT2D eigenvalue weighted by Gasteiger charge is 2.42. The molecular weight excluding hydrogens is 476 g/mol. The molecular formula is C31H36N4O3. The van der Waals surface area contributed by atoms with Crippen LogP contribution in [0.2, 0.25) is 0 Å². The number of hydrogen-bond donors (Lipinski definition) is 2. The molecule has 5 rings (SSSR count). The first-order valence-corrected chi connectivity index (χ1v) is 13.5. The predicted molar refractivity (Wildman–Crippen MR) is 149 cm³/mol. The average molecular weight is 513 g/mol. The molecule has 2 aliphatic rings. The number of aromatic nitrogens is 1. The van der Waals surface area contributed by atoms with E-state index in [0.717, 1.165) is 54.8 Å². The number of fused-ring (bicyclic) bond motifs is 2.